The van der Waals surface area contributed by atoms with E-state index in [-0.39, 0.29) is 5.84 Å². The molecule has 0 aliphatic heterocycles. The Kier molecular flexibility index (Phi) is 4.03. The van der Waals surface area contributed by atoms with E-state index < -0.39 is 0 Å². The molecule has 1 aromatic heterocycles. The van der Waals surface area contributed by atoms with Crippen LogP contribution in [0.15, 0.2) is 41.4 Å². The Balaban J connectivity index is 1.82. The van der Waals surface area contributed by atoms with Crippen LogP contribution in [0.3, 0.4) is 0 Å². The Bertz CT molecular complexity index is 1090. The number of nitrogens with zero attached hydrogens (tertiary/aromatic N) is 2. The van der Waals surface area contributed by atoms with E-state index >= 15 is 0 Å². The lowest BCUT2D eigenvalue weighted by molar-refractivity contribution is 1.08. The summed E-state index contributed by atoms with van der Waals surface area (Å²) in [5.41, 5.74) is 19.8. The van der Waals surface area contributed by atoms with Gasteiger partial charge in [0, 0.05) is 11.1 Å². The third kappa shape index (κ3) is 2.99. The molecule has 0 atom stereocenters. The number of hydrogen-bond donors (Lipinski definition) is 4. The van der Waals surface area contributed by atoms with Gasteiger partial charge in [0.05, 0.1) is 11.4 Å². The van der Waals surface area contributed by atoms with Crippen molar-refractivity contribution in [3.8, 4) is 11.3 Å². The van der Waals surface area contributed by atoms with Crippen molar-refractivity contribution in [2.24, 2.45) is 10.7 Å². The number of anilines is 1. The smallest absolute Gasteiger partial charge is 0.200 e. The van der Waals surface area contributed by atoms with Crippen molar-refractivity contribution in [1.29, 1.82) is 5.41 Å². The lowest BCUT2D eigenvalue weighted by atomic mass is 10.0. The summed E-state index contributed by atoms with van der Waals surface area (Å²) in [6.45, 7) is 4.14. The number of aliphatic imine (C=N–C) groups is 1. The Morgan fingerprint density at radius 2 is 1.96 bits per heavy atom. The summed E-state index contributed by atoms with van der Waals surface area (Å²) in [7, 11) is 0. The predicted molar refractivity (Wildman–Crippen MR) is 110 cm³/mol. The zero-order valence-corrected chi connectivity index (χ0v) is 15.4. The highest BCUT2D eigenvalue weighted by molar-refractivity contribution is 6.09. The van der Waals surface area contributed by atoms with Gasteiger partial charge in [0.25, 0.3) is 0 Å². The summed E-state index contributed by atoms with van der Waals surface area (Å²) in [5.74, 6) is 1.03. The summed E-state index contributed by atoms with van der Waals surface area (Å²) in [6.07, 6.45) is 1.61. The van der Waals surface area contributed by atoms with Gasteiger partial charge in [-0.3, -0.25) is 5.41 Å². The number of amidine groups is 1. The van der Waals surface area contributed by atoms with Gasteiger partial charge >= 0.3 is 0 Å². The molecular weight excluding hydrogens is 336 g/mol. The van der Waals surface area contributed by atoms with Crippen LogP contribution in [-0.4, -0.2) is 21.5 Å². The largest absolute Gasteiger partial charge is 0.384 e. The first-order valence-electron chi connectivity index (χ1n) is 8.91. The van der Waals surface area contributed by atoms with Crippen LogP contribution in [0.1, 0.15) is 34.2 Å². The number of imidazole rings is 1. The lowest BCUT2D eigenvalue weighted by Gasteiger charge is -2.07. The van der Waals surface area contributed by atoms with Crippen LogP contribution in [0.5, 0.6) is 0 Å². The number of nitrogens with one attached hydrogen (secondary N) is 2. The first kappa shape index (κ1) is 17.0. The van der Waals surface area contributed by atoms with Gasteiger partial charge in [0.2, 0.25) is 0 Å². The SMILES string of the molecule is Cc1ccc(-c2[nH]c(N)nc2N=C2CCc3c(C(=N)N)cccc32)c(C)c1. The van der Waals surface area contributed by atoms with E-state index in [1.165, 1.54) is 5.56 Å². The van der Waals surface area contributed by atoms with Gasteiger partial charge in [-0.05, 0) is 43.4 Å². The highest BCUT2D eigenvalue weighted by Gasteiger charge is 2.23. The number of fused-ring (bicyclic) bond motifs is 1. The van der Waals surface area contributed by atoms with Gasteiger partial charge in [0.1, 0.15) is 5.84 Å². The quantitative estimate of drug-likeness (QED) is 0.423. The van der Waals surface area contributed by atoms with Gasteiger partial charge < -0.3 is 16.5 Å². The van der Waals surface area contributed by atoms with Crippen molar-refractivity contribution in [1.82, 2.24) is 9.97 Å². The van der Waals surface area contributed by atoms with Crippen molar-refractivity contribution in [3.63, 3.8) is 0 Å². The Morgan fingerprint density at radius 3 is 2.70 bits per heavy atom. The number of aryl methyl sites for hydroxylation is 2. The molecule has 27 heavy (non-hydrogen) atoms. The fourth-order valence-electron chi connectivity index (χ4n) is 3.75. The van der Waals surface area contributed by atoms with E-state index in [2.05, 4.69) is 42.0 Å². The third-order valence-corrected chi connectivity index (χ3v) is 4.98. The molecule has 2 aromatic carbocycles. The molecule has 0 saturated heterocycles. The van der Waals surface area contributed by atoms with Crippen molar-refractivity contribution < 1.29 is 0 Å². The van der Waals surface area contributed by atoms with Crippen LogP contribution in [0, 0.1) is 19.3 Å². The number of nitrogen functional groups attached to an aromatic ring is 2. The topological polar surface area (TPSA) is 117 Å². The van der Waals surface area contributed by atoms with Crippen LogP contribution in [-0.2, 0) is 6.42 Å². The van der Waals surface area contributed by atoms with Gasteiger partial charge in [0.15, 0.2) is 11.8 Å². The second-order valence-corrected chi connectivity index (χ2v) is 6.94. The zero-order valence-electron chi connectivity index (χ0n) is 15.4. The van der Waals surface area contributed by atoms with Gasteiger partial charge in [-0.2, -0.15) is 4.98 Å². The molecule has 3 aromatic rings. The first-order valence-corrected chi connectivity index (χ1v) is 8.91. The van der Waals surface area contributed by atoms with Crippen LogP contribution in [0.4, 0.5) is 11.8 Å². The first-order chi connectivity index (χ1) is 12.9. The van der Waals surface area contributed by atoms with Crippen LogP contribution in [0.25, 0.3) is 11.3 Å². The molecule has 1 aliphatic rings. The fourth-order valence-corrected chi connectivity index (χ4v) is 3.75. The number of nitrogens with two attached hydrogens (primary N) is 2. The Morgan fingerprint density at radius 1 is 1.15 bits per heavy atom. The molecule has 0 amide bonds. The number of hydrogen-bond acceptors (Lipinski definition) is 4. The number of rotatable bonds is 3. The van der Waals surface area contributed by atoms with Crippen molar-refractivity contribution >= 4 is 23.3 Å². The molecule has 6 heteroatoms. The molecule has 0 unspecified atom stereocenters. The number of aromatic amines is 1. The normalized spacial score (nSPS) is 14.5. The van der Waals surface area contributed by atoms with Gasteiger partial charge in [-0.1, -0.05) is 42.0 Å². The van der Waals surface area contributed by atoms with E-state index in [4.69, 9.17) is 21.9 Å². The number of benzene rings is 2. The monoisotopic (exact) mass is 358 g/mol. The minimum absolute atomic E-state index is 0.0908. The van der Waals surface area contributed by atoms with Crippen LogP contribution in [0.2, 0.25) is 0 Å². The molecule has 6 nitrogen and oxygen atoms in total. The minimum atomic E-state index is 0.0908. The maximum Gasteiger partial charge on any atom is 0.200 e. The number of aromatic nitrogens is 2. The summed E-state index contributed by atoms with van der Waals surface area (Å²) >= 11 is 0. The molecule has 4 rings (SSSR count). The lowest BCUT2D eigenvalue weighted by Crippen LogP contribution is -2.13. The molecule has 1 heterocycles. The van der Waals surface area contributed by atoms with Gasteiger partial charge in [-0.15, -0.1) is 0 Å². The fraction of sp³-hybridized carbons (Fsp3) is 0.190. The highest BCUT2D eigenvalue weighted by atomic mass is 15.1. The maximum absolute atomic E-state index is 7.79. The number of H-pyrrole nitrogens is 1. The molecule has 0 fully saturated rings. The van der Waals surface area contributed by atoms with Crippen molar-refractivity contribution in [2.75, 3.05) is 5.73 Å². The summed E-state index contributed by atoms with van der Waals surface area (Å²) in [4.78, 5) is 12.4. The molecule has 6 N–H and O–H groups in total. The van der Waals surface area contributed by atoms with Crippen LogP contribution >= 0.6 is 0 Å². The maximum atomic E-state index is 7.79. The molecule has 0 bridgehead atoms. The van der Waals surface area contributed by atoms with E-state index in [1.54, 1.807) is 0 Å². The molecule has 136 valence electrons. The zero-order chi connectivity index (χ0) is 19.1. The minimum Gasteiger partial charge on any atom is -0.384 e. The second-order valence-electron chi connectivity index (χ2n) is 6.94. The van der Waals surface area contributed by atoms with E-state index in [1.807, 2.05) is 18.2 Å². The molecule has 0 spiro atoms. The molecule has 1 aliphatic carbocycles. The standard InChI is InChI=1S/C21H22N6/c1-11-6-7-13(12(2)10-11)18-20(27-21(24)26-18)25-17-9-8-14-15(17)4-3-5-16(14)19(22)23/h3-7,10H,8-9H2,1-2H3,(H3,22,23)(H3,24,26,27). The third-order valence-electron chi connectivity index (χ3n) is 4.98. The Labute approximate surface area is 157 Å². The second kappa shape index (κ2) is 6.39. The van der Waals surface area contributed by atoms with Crippen molar-refractivity contribution in [3.05, 3.63) is 64.2 Å². The highest BCUT2D eigenvalue weighted by Crippen LogP contribution is 2.34. The predicted octanol–water partition coefficient (Wildman–Crippen LogP) is 3.63. The van der Waals surface area contributed by atoms with Gasteiger partial charge in [-0.25, -0.2) is 4.99 Å². The Hall–Kier alpha value is -3.41. The van der Waals surface area contributed by atoms with E-state index in [0.717, 1.165) is 52.1 Å². The summed E-state index contributed by atoms with van der Waals surface area (Å²) in [6, 6.07) is 12.1. The molecule has 0 saturated carbocycles. The molecular formula is C21H22N6. The van der Waals surface area contributed by atoms with Crippen molar-refractivity contribution in [2.45, 2.75) is 26.7 Å². The average Bonchev–Trinajstić information content (AvgIpc) is 3.18. The average molecular weight is 358 g/mol. The summed E-state index contributed by atoms with van der Waals surface area (Å²) in [5, 5.41) is 7.79. The van der Waals surface area contributed by atoms with E-state index in [0.29, 0.717) is 11.8 Å². The van der Waals surface area contributed by atoms with E-state index in [9.17, 15) is 0 Å². The van der Waals surface area contributed by atoms with Crippen LogP contribution < -0.4 is 11.5 Å². The molecule has 0 radical (unpaired) electrons. The summed E-state index contributed by atoms with van der Waals surface area (Å²) < 4.78 is 0.